The van der Waals surface area contributed by atoms with Crippen LogP contribution in [-0.2, 0) is 4.79 Å². The normalized spacial score (nSPS) is 15.4. The number of carbonyl (C=O) groups excluding carboxylic acids is 2. The number of nitrogens with one attached hydrogen (secondary N) is 1. The number of para-hydroxylation sites is 1. The molecule has 0 radical (unpaired) electrons. The summed E-state index contributed by atoms with van der Waals surface area (Å²) in [5.74, 6) is -0.0196. The summed E-state index contributed by atoms with van der Waals surface area (Å²) in [6.07, 6.45) is 1.73. The summed E-state index contributed by atoms with van der Waals surface area (Å²) in [7, 11) is 0. The first-order valence-electron chi connectivity index (χ1n) is 10.2. The van der Waals surface area contributed by atoms with E-state index in [0.717, 1.165) is 3.57 Å². The fourth-order valence-corrected chi connectivity index (χ4v) is 4.65. The van der Waals surface area contributed by atoms with Crippen LogP contribution in [0.4, 0.5) is 5.69 Å². The monoisotopic (exact) mass is 604 g/mol. The minimum Gasteiger partial charge on any atom is -0.490 e. The number of thioether (sulfide) groups is 1. The third-order valence-electron chi connectivity index (χ3n) is 4.59. The fraction of sp³-hybridized carbons (Fsp3) is 0.0800. The van der Waals surface area contributed by atoms with Crippen molar-refractivity contribution in [3.8, 4) is 11.5 Å². The zero-order valence-electron chi connectivity index (χ0n) is 17.9. The number of hydrogen-bond acceptors (Lipinski definition) is 6. The van der Waals surface area contributed by atoms with E-state index in [9.17, 15) is 9.59 Å². The van der Waals surface area contributed by atoms with Gasteiger partial charge >= 0.3 is 5.97 Å². The van der Waals surface area contributed by atoms with Crippen LogP contribution in [0.5, 0.6) is 11.5 Å². The van der Waals surface area contributed by atoms with Crippen molar-refractivity contribution < 1.29 is 19.1 Å². The van der Waals surface area contributed by atoms with Crippen molar-refractivity contribution in [1.29, 1.82) is 0 Å². The molecule has 1 saturated heterocycles. The van der Waals surface area contributed by atoms with Gasteiger partial charge in [-0.15, -0.1) is 0 Å². The van der Waals surface area contributed by atoms with Crippen LogP contribution in [0.15, 0.2) is 76.6 Å². The van der Waals surface area contributed by atoms with E-state index in [2.05, 4.69) is 32.9 Å². The first-order chi connectivity index (χ1) is 16.4. The minimum atomic E-state index is -0.469. The molecular formula is C25H18ClIN2O4S. The smallest absolute Gasteiger partial charge is 0.344 e. The molecule has 3 aromatic carbocycles. The van der Waals surface area contributed by atoms with Gasteiger partial charge in [-0.2, -0.15) is 0 Å². The first-order valence-corrected chi connectivity index (χ1v) is 12.5. The number of carbonyl (C=O) groups is 2. The first kappa shape index (κ1) is 24.3. The lowest BCUT2D eigenvalue weighted by molar-refractivity contribution is -0.115. The van der Waals surface area contributed by atoms with Gasteiger partial charge in [-0.1, -0.05) is 41.9 Å². The molecule has 1 aliphatic rings. The van der Waals surface area contributed by atoms with Crippen LogP contribution >= 0.6 is 46.0 Å². The van der Waals surface area contributed by atoms with E-state index in [1.807, 2.05) is 31.2 Å². The van der Waals surface area contributed by atoms with Crippen molar-refractivity contribution in [1.82, 2.24) is 5.32 Å². The number of halogens is 2. The minimum absolute atomic E-state index is 0.261. The van der Waals surface area contributed by atoms with Crippen molar-refractivity contribution in [2.24, 2.45) is 4.99 Å². The van der Waals surface area contributed by atoms with Crippen LogP contribution in [0, 0.1) is 3.57 Å². The van der Waals surface area contributed by atoms with Crippen LogP contribution in [0.1, 0.15) is 22.8 Å². The van der Waals surface area contributed by atoms with E-state index in [0.29, 0.717) is 50.0 Å². The van der Waals surface area contributed by atoms with E-state index in [1.165, 1.54) is 11.8 Å². The molecule has 0 spiro atoms. The molecule has 0 bridgehead atoms. The molecule has 0 atom stereocenters. The number of hydrogen-bond donors (Lipinski definition) is 1. The van der Waals surface area contributed by atoms with Crippen molar-refractivity contribution in [2.45, 2.75) is 6.92 Å². The maximum Gasteiger partial charge on any atom is 0.344 e. The second-order valence-corrected chi connectivity index (χ2v) is 9.54. The maximum atomic E-state index is 12.6. The number of rotatable bonds is 6. The average molecular weight is 605 g/mol. The molecule has 0 saturated carbocycles. The van der Waals surface area contributed by atoms with Gasteiger partial charge in [0, 0.05) is 3.57 Å². The van der Waals surface area contributed by atoms with Crippen LogP contribution in [-0.4, -0.2) is 23.7 Å². The summed E-state index contributed by atoms with van der Waals surface area (Å²) in [6, 6.07) is 19.5. The predicted molar refractivity (Wildman–Crippen MR) is 144 cm³/mol. The van der Waals surface area contributed by atoms with E-state index in [-0.39, 0.29) is 5.91 Å². The molecule has 6 nitrogen and oxygen atoms in total. The van der Waals surface area contributed by atoms with Gasteiger partial charge in [0.25, 0.3) is 5.91 Å². The van der Waals surface area contributed by atoms with Crippen LogP contribution in [0.3, 0.4) is 0 Å². The number of benzene rings is 3. The second-order valence-electron chi connectivity index (χ2n) is 6.94. The predicted octanol–water partition coefficient (Wildman–Crippen LogP) is 6.45. The van der Waals surface area contributed by atoms with Crippen molar-refractivity contribution in [2.75, 3.05) is 6.61 Å². The van der Waals surface area contributed by atoms with Crippen molar-refractivity contribution in [3.63, 3.8) is 0 Å². The maximum absolute atomic E-state index is 12.6. The molecule has 0 unspecified atom stereocenters. The molecular weight excluding hydrogens is 587 g/mol. The van der Waals surface area contributed by atoms with E-state index in [1.54, 1.807) is 48.5 Å². The van der Waals surface area contributed by atoms with Crippen LogP contribution in [0.2, 0.25) is 5.02 Å². The highest BCUT2D eigenvalue weighted by atomic mass is 127. The van der Waals surface area contributed by atoms with Gasteiger partial charge in [-0.3, -0.25) is 4.79 Å². The Bertz CT molecular complexity index is 1330. The summed E-state index contributed by atoms with van der Waals surface area (Å²) in [5.41, 5.74) is 1.77. The molecule has 1 fully saturated rings. The number of amides is 1. The van der Waals surface area contributed by atoms with Gasteiger partial charge in [0.15, 0.2) is 16.7 Å². The number of ether oxygens (including phenoxy) is 2. The number of aliphatic imine (C=N–C) groups is 1. The van der Waals surface area contributed by atoms with Gasteiger partial charge in [0.2, 0.25) is 0 Å². The highest BCUT2D eigenvalue weighted by Crippen LogP contribution is 2.34. The molecule has 3 aromatic rings. The second kappa shape index (κ2) is 11.1. The van der Waals surface area contributed by atoms with E-state index in [4.69, 9.17) is 21.1 Å². The average Bonchev–Trinajstić information content (AvgIpc) is 3.16. The summed E-state index contributed by atoms with van der Waals surface area (Å²) in [5, 5.41) is 3.69. The van der Waals surface area contributed by atoms with Crippen molar-refractivity contribution in [3.05, 3.63) is 91.4 Å². The summed E-state index contributed by atoms with van der Waals surface area (Å²) in [4.78, 5) is 30.0. The van der Waals surface area contributed by atoms with E-state index < -0.39 is 5.97 Å². The van der Waals surface area contributed by atoms with Crippen LogP contribution in [0.25, 0.3) is 6.08 Å². The Morgan fingerprint density at radius 3 is 2.65 bits per heavy atom. The van der Waals surface area contributed by atoms with Gasteiger partial charge in [0.05, 0.1) is 27.8 Å². The highest BCUT2D eigenvalue weighted by Gasteiger charge is 2.24. The molecule has 1 amide bonds. The zero-order valence-corrected chi connectivity index (χ0v) is 21.6. The molecule has 4 rings (SSSR count). The molecule has 1 aliphatic heterocycles. The Labute approximate surface area is 219 Å². The lowest BCUT2D eigenvalue weighted by Crippen LogP contribution is -2.19. The number of esters is 1. The Kier molecular flexibility index (Phi) is 7.91. The largest absolute Gasteiger partial charge is 0.490 e. The van der Waals surface area contributed by atoms with Gasteiger partial charge in [0.1, 0.15) is 0 Å². The molecule has 34 heavy (non-hydrogen) atoms. The highest BCUT2D eigenvalue weighted by molar-refractivity contribution is 14.1. The molecule has 1 heterocycles. The molecule has 172 valence electrons. The Hall–Kier alpha value is -2.82. The topological polar surface area (TPSA) is 77.0 Å². The molecule has 0 aliphatic carbocycles. The summed E-state index contributed by atoms with van der Waals surface area (Å²) >= 11 is 9.46. The quantitative estimate of drug-likeness (QED) is 0.151. The van der Waals surface area contributed by atoms with Crippen LogP contribution < -0.4 is 14.8 Å². The lowest BCUT2D eigenvalue weighted by atomic mass is 10.1. The Balaban J connectivity index is 1.56. The number of amidine groups is 1. The molecule has 9 heteroatoms. The lowest BCUT2D eigenvalue weighted by Gasteiger charge is -2.12. The van der Waals surface area contributed by atoms with Crippen molar-refractivity contribution >= 4 is 74.8 Å². The zero-order chi connectivity index (χ0) is 24.1. The molecule has 0 aromatic heterocycles. The summed E-state index contributed by atoms with van der Waals surface area (Å²) in [6.45, 7) is 2.23. The Morgan fingerprint density at radius 1 is 1.12 bits per heavy atom. The summed E-state index contributed by atoms with van der Waals surface area (Å²) < 4.78 is 12.1. The van der Waals surface area contributed by atoms with Gasteiger partial charge in [-0.05, 0) is 89.3 Å². The number of nitrogens with zero attached hydrogens (tertiary/aromatic N) is 1. The van der Waals surface area contributed by atoms with E-state index >= 15 is 0 Å². The standard InChI is InChI=1S/C25H18ClIN2O4S/c1-2-32-21-13-15(11-12-20(21)33-24(31)16-7-3-5-9-18(16)27)14-22-23(30)29-25(34-22)28-19-10-6-4-8-17(19)26/h3-14H,2H2,1H3,(H,28,29,30)/b22-14-. The molecule has 1 N–H and O–H groups in total. The van der Waals surface area contributed by atoms with Gasteiger partial charge in [-0.25, -0.2) is 9.79 Å². The van der Waals surface area contributed by atoms with Gasteiger partial charge < -0.3 is 14.8 Å². The Morgan fingerprint density at radius 2 is 1.88 bits per heavy atom. The SMILES string of the molecule is CCOc1cc(/C=C2\SC(=Nc3ccccc3Cl)NC2=O)ccc1OC(=O)c1ccccc1I. The third-order valence-corrected chi connectivity index (χ3v) is 6.76. The fourth-order valence-electron chi connectivity index (χ4n) is 3.03. The third kappa shape index (κ3) is 5.81.